The van der Waals surface area contributed by atoms with Gasteiger partial charge >= 0.3 is 0 Å². The lowest BCUT2D eigenvalue weighted by Gasteiger charge is -2.22. The van der Waals surface area contributed by atoms with Crippen molar-refractivity contribution in [2.24, 2.45) is 5.92 Å². The van der Waals surface area contributed by atoms with Gasteiger partial charge in [0.1, 0.15) is 11.6 Å². The monoisotopic (exact) mass is 224 g/mol. The van der Waals surface area contributed by atoms with Gasteiger partial charge in [-0.05, 0) is 32.7 Å². The van der Waals surface area contributed by atoms with Crippen molar-refractivity contribution in [1.29, 1.82) is 0 Å². The summed E-state index contributed by atoms with van der Waals surface area (Å²) in [6, 6.07) is 0.396. The van der Waals surface area contributed by atoms with E-state index >= 15 is 0 Å². The second-order valence-corrected chi connectivity index (χ2v) is 4.67. The molecule has 1 unspecified atom stereocenters. The summed E-state index contributed by atoms with van der Waals surface area (Å²) in [6.45, 7) is 12.6. The summed E-state index contributed by atoms with van der Waals surface area (Å²) in [5, 5.41) is 7.94. The molecule has 1 rings (SSSR count). The minimum atomic E-state index is 0.396. The number of hydrogen-bond donors (Lipinski definition) is 1. The van der Waals surface area contributed by atoms with Gasteiger partial charge in [0.15, 0.2) is 0 Å². The van der Waals surface area contributed by atoms with Gasteiger partial charge in [-0.1, -0.05) is 20.8 Å². The standard InChI is InChI=1S/C12H24N4/c1-6-7-13-8-12(9(2)3)16-11(5)14-10(4)15-16/h9,12-13H,6-8H2,1-5H3. The van der Waals surface area contributed by atoms with Gasteiger partial charge in [-0.25, -0.2) is 9.67 Å². The fourth-order valence-electron chi connectivity index (χ4n) is 1.88. The third-order valence-electron chi connectivity index (χ3n) is 2.77. The van der Waals surface area contributed by atoms with Crippen LogP contribution < -0.4 is 5.32 Å². The number of rotatable bonds is 6. The molecule has 0 saturated heterocycles. The Morgan fingerprint density at radius 2 is 2.00 bits per heavy atom. The summed E-state index contributed by atoms with van der Waals surface area (Å²) >= 11 is 0. The Labute approximate surface area is 98.5 Å². The quantitative estimate of drug-likeness (QED) is 0.752. The maximum atomic E-state index is 4.48. The van der Waals surface area contributed by atoms with E-state index in [1.807, 2.05) is 13.8 Å². The molecule has 0 spiro atoms. The van der Waals surface area contributed by atoms with Gasteiger partial charge in [-0.3, -0.25) is 0 Å². The van der Waals surface area contributed by atoms with Crippen molar-refractivity contribution in [1.82, 2.24) is 20.1 Å². The fraction of sp³-hybridized carbons (Fsp3) is 0.833. The zero-order chi connectivity index (χ0) is 12.1. The highest BCUT2D eigenvalue weighted by molar-refractivity contribution is 4.91. The molecule has 0 fully saturated rings. The summed E-state index contributed by atoms with van der Waals surface area (Å²) in [5.41, 5.74) is 0. The highest BCUT2D eigenvalue weighted by Crippen LogP contribution is 2.17. The van der Waals surface area contributed by atoms with E-state index in [1.165, 1.54) is 6.42 Å². The number of nitrogens with one attached hydrogen (secondary N) is 1. The van der Waals surface area contributed by atoms with E-state index in [0.717, 1.165) is 24.7 Å². The third kappa shape index (κ3) is 3.30. The van der Waals surface area contributed by atoms with Crippen LogP contribution in [0.5, 0.6) is 0 Å². The lowest BCUT2D eigenvalue weighted by molar-refractivity contribution is 0.323. The van der Waals surface area contributed by atoms with Crippen molar-refractivity contribution >= 4 is 0 Å². The highest BCUT2D eigenvalue weighted by atomic mass is 15.4. The van der Waals surface area contributed by atoms with E-state index in [-0.39, 0.29) is 0 Å². The van der Waals surface area contributed by atoms with Crippen LogP contribution in [0.25, 0.3) is 0 Å². The number of hydrogen-bond acceptors (Lipinski definition) is 3. The lowest BCUT2D eigenvalue weighted by Crippen LogP contribution is -2.30. The number of nitrogens with zero attached hydrogens (tertiary/aromatic N) is 3. The van der Waals surface area contributed by atoms with E-state index in [9.17, 15) is 0 Å². The van der Waals surface area contributed by atoms with Crippen LogP contribution >= 0.6 is 0 Å². The van der Waals surface area contributed by atoms with Crippen molar-refractivity contribution in [2.75, 3.05) is 13.1 Å². The SMILES string of the molecule is CCCNCC(C(C)C)n1nc(C)nc1C. The predicted octanol–water partition coefficient (Wildman–Crippen LogP) is 2.09. The molecule has 0 aliphatic heterocycles. The summed E-state index contributed by atoms with van der Waals surface area (Å²) in [7, 11) is 0. The van der Waals surface area contributed by atoms with Crippen LogP contribution in [0.15, 0.2) is 0 Å². The first-order chi connectivity index (χ1) is 7.56. The normalized spacial score (nSPS) is 13.4. The molecule has 0 amide bonds. The van der Waals surface area contributed by atoms with Crippen molar-refractivity contribution in [3.8, 4) is 0 Å². The van der Waals surface area contributed by atoms with Gasteiger partial charge in [-0.2, -0.15) is 5.10 Å². The Hall–Kier alpha value is -0.900. The Balaban J connectivity index is 2.73. The van der Waals surface area contributed by atoms with Crippen LogP contribution in [0.3, 0.4) is 0 Å². The molecule has 0 radical (unpaired) electrons. The van der Waals surface area contributed by atoms with Crippen molar-refractivity contribution in [3.05, 3.63) is 11.6 Å². The Bertz CT molecular complexity index is 317. The van der Waals surface area contributed by atoms with Gasteiger partial charge < -0.3 is 5.32 Å². The van der Waals surface area contributed by atoms with Gasteiger partial charge in [0.25, 0.3) is 0 Å². The molecule has 4 nitrogen and oxygen atoms in total. The number of aryl methyl sites for hydroxylation is 2. The first-order valence-corrected chi connectivity index (χ1v) is 6.16. The van der Waals surface area contributed by atoms with Crippen molar-refractivity contribution in [2.45, 2.75) is 47.1 Å². The summed E-state index contributed by atoms with van der Waals surface area (Å²) in [6.07, 6.45) is 1.17. The van der Waals surface area contributed by atoms with E-state index in [4.69, 9.17) is 0 Å². The summed E-state index contributed by atoms with van der Waals surface area (Å²) in [4.78, 5) is 4.37. The molecule has 0 saturated carbocycles. The first-order valence-electron chi connectivity index (χ1n) is 6.16. The van der Waals surface area contributed by atoms with Gasteiger partial charge in [0, 0.05) is 6.54 Å². The smallest absolute Gasteiger partial charge is 0.147 e. The molecule has 4 heteroatoms. The minimum Gasteiger partial charge on any atom is -0.315 e. The van der Waals surface area contributed by atoms with Crippen LogP contribution in [0, 0.1) is 19.8 Å². The highest BCUT2D eigenvalue weighted by Gasteiger charge is 2.18. The zero-order valence-corrected chi connectivity index (χ0v) is 11.1. The average Bonchev–Trinajstić information content (AvgIpc) is 2.52. The fourth-order valence-corrected chi connectivity index (χ4v) is 1.88. The van der Waals surface area contributed by atoms with Crippen LogP contribution in [0.2, 0.25) is 0 Å². The van der Waals surface area contributed by atoms with Gasteiger partial charge in [0.2, 0.25) is 0 Å². The topological polar surface area (TPSA) is 42.7 Å². The van der Waals surface area contributed by atoms with E-state index in [2.05, 4.69) is 40.9 Å². The average molecular weight is 224 g/mol. The van der Waals surface area contributed by atoms with Crippen LogP contribution in [-0.2, 0) is 0 Å². The Morgan fingerprint density at radius 1 is 1.31 bits per heavy atom. The minimum absolute atomic E-state index is 0.396. The molecule has 0 aromatic carbocycles. The van der Waals surface area contributed by atoms with E-state index in [1.54, 1.807) is 0 Å². The molecule has 0 aliphatic rings. The summed E-state index contributed by atoms with van der Waals surface area (Å²) < 4.78 is 2.06. The molecule has 1 aromatic rings. The van der Waals surface area contributed by atoms with Crippen LogP contribution in [-0.4, -0.2) is 27.9 Å². The second-order valence-electron chi connectivity index (χ2n) is 4.67. The predicted molar refractivity (Wildman–Crippen MR) is 66.5 cm³/mol. The van der Waals surface area contributed by atoms with Crippen molar-refractivity contribution < 1.29 is 0 Å². The van der Waals surface area contributed by atoms with Crippen LogP contribution in [0.1, 0.15) is 44.9 Å². The van der Waals surface area contributed by atoms with Crippen molar-refractivity contribution in [3.63, 3.8) is 0 Å². The summed E-state index contributed by atoms with van der Waals surface area (Å²) in [5.74, 6) is 2.43. The molecule has 92 valence electrons. The molecule has 16 heavy (non-hydrogen) atoms. The molecular formula is C12H24N4. The molecule has 0 bridgehead atoms. The molecule has 1 N–H and O–H groups in total. The largest absolute Gasteiger partial charge is 0.315 e. The number of aromatic nitrogens is 3. The van der Waals surface area contributed by atoms with E-state index in [0.29, 0.717) is 12.0 Å². The lowest BCUT2D eigenvalue weighted by atomic mass is 10.0. The Kier molecular flexibility index (Phi) is 4.93. The van der Waals surface area contributed by atoms with Gasteiger partial charge in [0.05, 0.1) is 6.04 Å². The zero-order valence-electron chi connectivity index (χ0n) is 11.1. The molecule has 1 heterocycles. The third-order valence-corrected chi connectivity index (χ3v) is 2.77. The maximum Gasteiger partial charge on any atom is 0.147 e. The molecular weight excluding hydrogens is 200 g/mol. The van der Waals surface area contributed by atoms with Gasteiger partial charge in [-0.15, -0.1) is 0 Å². The Morgan fingerprint density at radius 3 is 2.44 bits per heavy atom. The molecule has 1 atom stereocenters. The second kappa shape index (κ2) is 5.99. The first kappa shape index (κ1) is 13.2. The molecule has 1 aromatic heterocycles. The van der Waals surface area contributed by atoms with E-state index < -0.39 is 0 Å². The van der Waals surface area contributed by atoms with Crippen LogP contribution in [0.4, 0.5) is 0 Å². The maximum absolute atomic E-state index is 4.48. The molecule has 0 aliphatic carbocycles.